The molecule has 1 fully saturated rings. The van der Waals surface area contributed by atoms with Crippen LogP contribution in [0.3, 0.4) is 0 Å². The van der Waals surface area contributed by atoms with Gasteiger partial charge in [-0.3, -0.25) is 9.80 Å². The molecule has 0 bridgehead atoms. The van der Waals surface area contributed by atoms with E-state index in [1.807, 2.05) is 29.1 Å². The van der Waals surface area contributed by atoms with E-state index >= 15 is 0 Å². The maximum atomic E-state index is 9.57. The van der Waals surface area contributed by atoms with E-state index in [2.05, 4.69) is 63.6 Å². The molecular weight excluding hydrogens is 360 g/mol. The first kappa shape index (κ1) is 19.8. The molecule has 5 nitrogen and oxygen atoms in total. The molecule has 0 amide bonds. The van der Waals surface area contributed by atoms with Crippen LogP contribution in [0, 0.1) is 0 Å². The molecule has 1 aliphatic heterocycles. The predicted octanol–water partition coefficient (Wildman–Crippen LogP) is 2.98. The Labute approximate surface area is 173 Å². The molecule has 2 aromatic carbocycles. The number of piperazine rings is 1. The first-order valence-electron chi connectivity index (χ1n) is 10.5. The summed E-state index contributed by atoms with van der Waals surface area (Å²) in [5.74, 6) is 0. The predicted molar refractivity (Wildman–Crippen MR) is 116 cm³/mol. The minimum absolute atomic E-state index is 0.242. The van der Waals surface area contributed by atoms with E-state index in [-0.39, 0.29) is 6.61 Å². The SMILES string of the molecule is OCC[C@@H]1CN(Cc2cnn(-c3ccccc3)c2)CCN1CCc1ccccc1. The lowest BCUT2D eigenvalue weighted by atomic mass is 10.1. The van der Waals surface area contributed by atoms with Crippen LogP contribution in [0.15, 0.2) is 73.1 Å². The smallest absolute Gasteiger partial charge is 0.0645 e. The number of aliphatic hydroxyl groups excluding tert-OH is 1. The van der Waals surface area contributed by atoms with E-state index in [4.69, 9.17) is 0 Å². The number of hydrogen-bond acceptors (Lipinski definition) is 4. The molecule has 1 saturated heterocycles. The normalized spacial score (nSPS) is 18.2. The molecule has 0 saturated carbocycles. The highest BCUT2D eigenvalue weighted by molar-refractivity contribution is 5.30. The van der Waals surface area contributed by atoms with Crippen LogP contribution in [0.5, 0.6) is 0 Å². The second-order valence-electron chi connectivity index (χ2n) is 7.80. The van der Waals surface area contributed by atoms with E-state index in [0.29, 0.717) is 6.04 Å². The zero-order valence-corrected chi connectivity index (χ0v) is 16.9. The van der Waals surface area contributed by atoms with Crippen molar-refractivity contribution < 1.29 is 5.11 Å². The number of benzene rings is 2. The summed E-state index contributed by atoms with van der Waals surface area (Å²) >= 11 is 0. The van der Waals surface area contributed by atoms with Crippen molar-refractivity contribution in [1.82, 2.24) is 19.6 Å². The lowest BCUT2D eigenvalue weighted by Crippen LogP contribution is -2.53. The Morgan fingerprint density at radius 2 is 1.69 bits per heavy atom. The summed E-state index contributed by atoms with van der Waals surface area (Å²) in [4.78, 5) is 5.04. The Bertz CT molecular complexity index is 865. The van der Waals surface area contributed by atoms with Gasteiger partial charge in [0.05, 0.1) is 11.9 Å². The molecule has 29 heavy (non-hydrogen) atoms. The van der Waals surface area contributed by atoms with Crippen molar-refractivity contribution in [2.24, 2.45) is 0 Å². The minimum Gasteiger partial charge on any atom is -0.396 e. The molecule has 1 atom stereocenters. The molecule has 0 aliphatic carbocycles. The maximum Gasteiger partial charge on any atom is 0.0645 e. The fourth-order valence-corrected chi connectivity index (χ4v) is 4.16. The molecule has 5 heteroatoms. The van der Waals surface area contributed by atoms with E-state index in [1.165, 1.54) is 11.1 Å². The van der Waals surface area contributed by atoms with Gasteiger partial charge >= 0.3 is 0 Å². The van der Waals surface area contributed by atoms with Crippen LogP contribution in [0.4, 0.5) is 0 Å². The Kier molecular flexibility index (Phi) is 6.72. The first-order chi connectivity index (χ1) is 14.3. The molecule has 152 valence electrons. The summed E-state index contributed by atoms with van der Waals surface area (Å²) in [6.07, 6.45) is 5.98. The molecule has 0 unspecified atom stereocenters. The van der Waals surface area contributed by atoms with Gasteiger partial charge in [-0.15, -0.1) is 0 Å². The van der Waals surface area contributed by atoms with Gasteiger partial charge in [-0.1, -0.05) is 48.5 Å². The number of nitrogens with zero attached hydrogens (tertiary/aromatic N) is 4. The van der Waals surface area contributed by atoms with E-state index < -0.39 is 0 Å². The largest absolute Gasteiger partial charge is 0.396 e. The summed E-state index contributed by atoms with van der Waals surface area (Å²) in [6.45, 7) is 5.28. The highest BCUT2D eigenvalue weighted by atomic mass is 16.3. The van der Waals surface area contributed by atoms with Crippen molar-refractivity contribution >= 4 is 0 Å². The standard InChI is InChI=1S/C24H30N4O/c29-16-12-24-20-26(14-15-27(24)13-11-21-7-3-1-4-8-21)18-22-17-25-28(19-22)23-9-5-2-6-10-23/h1-10,17,19,24,29H,11-16,18,20H2/t24-/m1/s1. The van der Waals surface area contributed by atoms with Crippen LogP contribution in [-0.2, 0) is 13.0 Å². The molecule has 4 rings (SSSR count). The highest BCUT2D eigenvalue weighted by Crippen LogP contribution is 2.17. The number of rotatable bonds is 8. The van der Waals surface area contributed by atoms with Crippen molar-refractivity contribution in [3.05, 3.63) is 84.2 Å². The average Bonchev–Trinajstić information content (AvgIpc) is 3.23. The second kappa shape index (κ2) is 9.83. The summed E-state index contributed by atoms with van der Waals surface area (Å²) in [5, 5.41) is 14.1. The summed E-state index contributed by atoms with van der Waals surface area (Å²) in [6, 6.07) is 21.3. The Morgan fingerprint density at radius 1 is 0.931 bits per heavy atom. The van der Waals surface area contributed by atoms with E-state index in [0.717, 1.165) is 51.3 Å². The lowest BCUT2D eigenvalue weighted by molar-refractivity contribution is 0.0562. The van der Waals surface area contributed by atoms with Crippen molar-refractivity contribution in [1.29, 1.82) is 0 Å². The molecular formula is C24H30N4O. The van der Waals surface area contributed by atoms with Crippen LogP contribution in [0.1, 0.15) is 17.5 Å². The zero-order valence-electron chi connectivity index (χ0n) is 16.9. The second-order valence-corrected chi connectivity index (χ2v) is 7.80. The zero-order chi connectivity index (χ0) is 19.9. The van der Waals surface area contributed by atoms with Gasteiger partial charge in [0.2, 0.25) is 0 Å². The number of para-hydroxylation sites is 1. The van der Waals surface area contributed by atoms with Gasteiger partial charge in [0, 0.05) is 57.1 Å². The molecule has 0 radical (unpaired) electrons. The topological polar surface area (TPSA) is 44.5 Å². The fourth-order valence-electron chi connectivity index (χ4n) is 4.16. The summed E-state index contributed by atoms with van der Waals surface area (Å²) in [7, 11) is 0. The first-order valence-corrected chi connectivity index (χ1v) is 10.5. The minimum atomic E-state index is 0.242. The van der Waals surface area contributed by atoms with Crippen molar-refractivity contribution in [2.75, 3.05) is 32.8 Å². The number of aromatic nitrogens is 2. The van der Waals surface area contributed by atoms with Gasteiger partial charge in [-0.05, 0) is 30.5 Å². The van der Waals surface area contributed by atoms with Crippen molar-refractivity contribution in [2.45, 2.75) is 25.4 Å². The van der Waals surface area contributed by atoms with E-state index in [9.17, 15) is 5.11 Å². The molecule has 1 aliphatic rings. The molecule has 3 aromatic rings. The van der Waals surface area contributed by atoms with Crippen LogP contribution >= 0.6 is 0 Å². The molecule has 1 aromatic heterocycles. The van der Waals surface area contributed by atoms with Crippen LogP contribution in [-0.4, -0.2) is 63.5 Å². The third kappa shape index (κ3) is 5.32. The third-order valence-corrected chi connectivity index (χ3v) is 5.74. The van der Waals surface area contributed by atoms with Gasteiger partial charge < -0.3 is 5.11 Å². The fraction of sp³-hybridized carbons (Fsp3) is 0.375. The van der Waals surface area contributed by atoms with Gasteiger partial charge in [-0.25, -0.2) is 4.68 Å². The van der Waals surface area contributed by atoms with Crippen LogP contribution < -0.4 is 0 Å². The molecule has 1 N–H and O–H groups in total. The summed E-state index contributed by atoms with van der Waals surface area (Å²) < 4.78 is 1.94. The summed E-state index contributed by atoms with van der Waals surface area (Å²) in [5.41, 5.74) is 3.70. The maximum absolute atomic E-state index is 9.57. The number of aliphatic hydroxyl groups is 1. The van der Waals surface area contributed by atoms with Gasteiger partial charge in [-0.2, -0.15) is 5.10 Å². The van der Waals surface area contributed by atoms with Crippen LogP contribution in [0.25, 0.3) is 5.69 Å². The monoisotopic (exact) mass is 390 g/mol. The quantitative estimate of drug-likeness (QED) is 0.642. The Hall–Kier alpha value is -2.47. The average molecular weight is 391 g/mol. The van der Waals surface area contributed by atoms with Crippen molar-refractivity contribution in [3.63, 3.8) is 0 Å². The van der Waals surface area contributed by atoms with Gasteiger partial charge in [0.15, 0.2) is 0 Å². The van der Waals surface area contributed by atoms with Gasteiger partial charge in [0.25, 0.3) is 0 Å². The number of hydrogen-bond donors (Lipinski definition) is 1. The third-order valence-electron chi connectivity index (χ3n) is 5.74. The van der Waals surface area contributed by atoms with Gasteiger partial charge in [0.1, 0.15) is 0 Å². The van der Waals surface area contributed by atoms with Crippen LogP contribution in [0.2, 0.25) is 0 Å². The lowest BCUT2D eigenvalue weighted by Gasteiger charge is -2.41. The van der Waals surface area contributed by atoms with Crippen molar-refractivity contribution in [3.8, 4) is 5.69 Å². The molecule has 0 spiro atoms. The Balaban J connectivity index is 1.34. The van der Waals surface area contributed by atoms with E-state index in [1.54, 1.807) is 0 Å². The molecule has 2 heterocycles. The highest BCUT2D eigenvalue weighted by Gasteiger charge is 2.26. The Morgan fingerprint density at radius 3 is 2.45 bits per heavy atom.